The number of nitrogens with zero attached hydrogens (tertiary/aromatic N) is 2. The van der Waals surface area contributed by atoms with Crippen LogP contribution in [0.1, 0.15) is 21.5 Å². The van der Waals surface area contributed by atoms with E-state index in [0.717, 1.165) is 9.87 Å². The molecule has 0 unspecified atom stereocenters. The minimum atomic E-state index is -3.74. The van der Waals surface area contributed by atoms with Crippen LogP contribution in [0.25, 0.3) is 0 Å². The summed E-state index contributed by atoms with van der Waals surface area (Å²) in [5.41, 5.74) is 4.62. The second-order valence-electron chi connectivity index (χ2n) is 7.50. The number of hydrogen-bond donors (Lipinski definition) is 1. The first kappa shape index (κ1) is 26.2. The predicted molar refractivity (Wildman–Crippen MR) is 134 cm³/mol. The van der Waals surface area contributed by atoms with E-state index in [1.165, 1.54) is 57.8 Å². The lowest BCUT2D eigenvalue weighted by Crippen LogP contribution is -2.26. The summed E-state index contributed by atoms with van der Waals surface area (Å²) in [7, 11) is 0.313. The molecule has 0 atom stereocenters. The second kappa shape index (κ2) is 11.4. The molecule has 0 aliphatic rings. The fourth-order valence-corrected chi connectivity index (χ4v) is 4.24. The van der Waals surface area contributed by atoms with Gasteiger partial charge < -0.3 is 14.2 Å². The number of benzene rings is 3. The maximum atomic E-state index is 12.9. The fourth-order valence-electron chi connectivity index (χ4n) is 3.04. The molecule has 0 heterocycles. The molecule has 36 heavy (non-hydrogen) atoms. The summed E-state index contributed by atoms with van der Waals surface area (Å²) >= 11 is 0. The summed E-state index contributed by atoms with van der Waals surface area (Å²) in [5, 5.41) is 3.92. The van der Waals surface area contributed by atoms with Gasteiger partial charge >= 0.3 is 6.16 Å². The van der Waals surface area contributed by atoms with Crippen LogP contribution in [-0.4, -0.2) is 48.0 Å². The van der Waals surface area contributed by atoms with Crippen molar-refractivity contribution < 1.29 is 32.2 Å². The number of carbonyl (C=O) groups excluding carboxylic acids is 2. The molecule has 0 bridgehead atoms. The normalized spacial score (nSPS) is 11.1. The van der Waals surface area contributed by atoms with Crippen molar-refractivity contribution in [1.29, 1.82) is 0 Å². The third-order valence-electron chi connectivity index (χ3n) is 5.10. The lowest BCUT2D eigenvalue weighted by molar-refractivity contribution is 0.0955. The SMILES string of the molecule is COC(=O)Oc1ccc(/C=N\NC(=O)c2ccc(N(C)S(=O)(=O)c3ccc(C)cc3)cc2)cc1OC. The van der Waals surface area contributed by atoms with Crippen molar-refractivity contribution in [3.63, 3.8) is 0 Å². The first-order chi connectivity index (χ1) is 17.1. The number of carbonyl (C=O) groups is 2. The van der Waals surface area contributed by atoms with Gasteiger partial charge in [-0.1, -0.05) is 17.7 Å². The summed E-state index contributed by atoms with van der Waals surface area (Å²) < 4.78 is 41.5. The Morgan fingerprint density at radius 2 is 1.61 bits per heavy atom. The van der Waals surface area contributed by atoms with Crippen molar-refractivity contribution in [3.05, 3.63) is 83.4 Å². The van der Waals surface area contributed by atoms with Gasteiger partial charge in [-0.3, -0.25) is 9.10 Å². The second-order valence-corrected chi connectivity index (χ2v) is 9.47. The van der Waals surface area contributed by atoms with Gasteiger partial charge in [-0.05, 0) is 67.1 Å². The monoisotopic (exact) mass is 511 g/mol. The lowest BCUT2D eigenvalue weighted by Gasteiger charge is -2.19. The molecule has 0 aliphatic carbocycles. The minimum Gasteiger partial charge on any atom is -0.493 e. The van der Waals surface area contributed by atoms with Crippen molar-refractivity contribution in [2.45, 2.75) is 11.8 Å². The summed E-state index contributed by atoms with van der Waals surface area (Å²) in [6.07, 6.45) is 0.505. The van der Waals surface area contributed by atoms with E-state index in [0.29, 0.717) is 11.3 Å². The van der Waals surface area contributed by atoms with Crippen LogP contribution in [0.15, 0.2) is 76.7 Å². The number of hydrogen-bond acceptors (Lipinski definition) is 8. The summed E-state index contributed by atoms with van der Waals surface area (Å²) in [5.74, 6) is -0.0459. The van der Waals surface area contributed by atoms with Crippen LogP contribution in [0.4, 0.5) is 10.5 Å². The first-order valence-corrected chi connectivity index (χ1v) is 12.0. The molecule has 11 heteroatoms. The Labute approximate surface area is 209 Å². The summed E-state index contributed by atoms with van der Waals surface area (Å²) in [4.78, 5) is 23.9. The number of anilines is 1. The number of amides is 1. The van der Waals surface area contributed by atoms with Gasteiger partial charge in [0.05, 0.1) is 31.0 Å². The van der Waals surface area contributed by atoms with E-state index in [1.54, 1.807) is 36.4 Å². The molecule has 0 radical (unpaired) electrons. The van der Waals surface area contributed by atoms with Crippen LogP contribution in [0.3, 0.4) is 0 Å². The Morgan fingerprint density at radius 1 is 0.944 bits per heavy atom. The van der Waals surface area contributed by atoms with E-state index < -0.39 is 22.1 Å². The van der Waals surface area contributed by atoms with E-state index in [4.69, 9.17) is 9.47 Å². The smallest absolute Gasteiger partial charge is 0.493 e. The lowest BCUT2D eigenvalue weighted by atomic mass is 10.2. The molecule has 0 aromatic heterocycles. The molecule has 1 amide bonds. The molecule has 188 valence electrons. The number of nitrogens with one attached hydrogen (secondary N) is 1. The number of aryl methyl sites for hydroxylation is 1. The highest BCUT2D eigenvalue weighted by molar-refractivity contribution is 7.92. The highest BCUT2D eigenvalue weighted by atomic mass is 32.2. The Hall–Kier alpha value is -4.38. The van der Waals surface area contributed by atoms with Gasteiger partial charge in [-0.25, -0.2) is 18.6 Å². The Morgan fingerprint density at radius 3 is 2.22 bits per heavy atom. The highest BCUT2D eigenvalue weighted by Gasteiger charge is 2.21. The Bertz CT molecular complexity index is 1370. The zero-order valence-corrected chi connectivity index (χ0v) is 20.9. The quantitative estimate of drug-likeness (QED) is 0.211. The molecular formula is C25H25N3O7S. The van der Waals surface area contributed by atoms with Crippen molar-refractivity contribution in [2.24, 2.45) is 5.10 Å². The molecule has 3 aromatic carbocycles. The average Bonchev–Trinajstić information content (AvgIpc) is 2.89. The minimum absolute atomic E-state index is 0.167. The van der Waals surface area contributed by atoms with Crippen LogP contribution >= 0.6 is 0 Å². The number of rotatable bonds is 8. The molecular weight excluding hydrogens is 486 g/mol. The number of ether oxygens (including phenoxy) is 3. The average molecular weight is 512 g/mol. The Balaban J connectivity index is 1.65. The topological polar surface area (TPSA) is 124 Å². The standard InChI is InChI=1S/C25H25N3O7S/c1-17-5-12-21(13-6-17)36(31,32)28(2)20-10-8-19(9-11-20)24(29)27-26-16-18-7-14-22(23(15-18)33-3)35-25(30)34-4/h5-16H,1-4H3,(H,27,29)/b26-16-. The van der Waals surface area contributed by atoms with Gasteiger partial charge in [0.15, 0.2) is 11.5 Å². The maximum Gasteiger partial charge on any atom is 0.513 e. The van der Waals surface area contributed by atoms with Crippen LogP contribution in [0.2, 0.25) is 0 Å². The largest absolute Gasteiger partial charge is 0.513 e. The zero-order valence-electron chi connectivity index (χ0n) is 20.1. The Kier molecular flexibility index (Phi) is 8.28. The van der Waals surface area contributed by atoms with Crippen molar-refractivity contribution in [2.75, 3.05) is 25.6 Å². The van der Waals surface area contributed by atoms with Gasteiger partial charge in [0.2, 0.25) is 0 Å². The predicted octanol–water partition coefficient (Wildman–Crippen LogP) is 3.74. The van der Waals surface area contributed by atoms with E-state index >= 15 is 0 Å². The number of methoxy groups -OCH3 is 2. The van der Waals surface area contributed by atoms with Crippen molar-refractivity contribution in [3.8, 4) is 11.5 Å². The summed E-state index contributed by atoms with van der Waals surface area (Å²) in [6.45, 7) is 1.88. The molecule has 0 saturated heterocycles. The molecule has 0 spiro atoms. The molecule has 0 fully saturated rings. The van der Waals surface area contributed by atoms with E-state index in [1.807, 2.05) is 6.92 Å². The molecule has 0 saturated carbocycles. The van der Waals surface area contributed by atoms with Gasteiger partial charge in [0.1, 0.15) is 0 Å². The fraction of sp³-hybridized carbons (Fsp3) is 0.160. The van der Waals surface area contributed by atoms with E-state index in [-0.39, 0.29) is 22.0 Å². The van der Waals surface area contributed by atoms with Gasteiger partial charge in [0.25, 0.3) is 15.9 Å². The highest BCUT2D eigenvalue weighted by Crippen LogP contribution is 2.28. The molecule has 3 rings (SSSR count). The van der Waals surface area contributed by atoms with Crippen LogP contribution in [0.5, 0.6) is 11.5 Å². The van der Waals surface area contributed by atoms with E-state index in [9.17, 15) is 18.0 Å². The zero-order chi connectivity index (χ0) is 26.3. The molecule has 3 aromatic rings. The number of sulfonamides is 1. The molecule has 1 N–H and O–H groups in total. The third-order valence-corrected chi connectivity index (χ3v) is 6.90. The third kappa shape index (κ3) is 6.19. The number of hydrazone groups is 1. The molecule has 0 aliphatic heterocycles. The first-order valence-electron chi connectivity index (χ1n) is 10.6. The molecule has 10 nitrogen and oxygen atoms in total. The van der Waals surface area contributed by atoms with E-state index in [2.05, 4.69) is 15.3 Å². The van der Waals surface area contributed by atoms with Crippen LogP contribution < -0.4 is 19.2 Å². The van der Waals surface area contributed by atoms with Crippen LogP contribution in [0, 0.1) is 6.92 Å². The van der Waals surface area contributed by atoms with Gasteiger partial charge in [-0.15, -0.1) is 0 Å². The maximum absolute atomic E-state index is 12.9. The van der Waals surface area contributed by atoms with Crippen molar-refractivity contribution in [1.82, 2.24) is 5.43 Å². The van der Waals surface area contributed by atoms with Gasteiger partial charge in [0, 0.05) is 12.6 Å². The van der Waals surface area contributed by atoms with Gasteiger partial charge in [-0.2, -0.15) is 5.10 Å². The summed E-state index contributed by atoms with van der Waals surface area (Å²) in [6, 6.07) is 17.3. The van der Waals surface area contributed by atoms with Crippen LogP contribution in [-0.2, 0) is 14.8 Å². The van der Waals surface area contributed by atoms with Crippen molar-refractivity contribution >= 4 is 34.0 Å².